The summed E-state index contributed by atoms with van der Waals surface area (Å²) in [6.07, 6.45) is 15.3. The summed E-state index contributed by atoms with van der Waals surface area (Å²) < 4.78 is 0. The second-order valence-corrected chi connectivity index (χ2v) is 10.2. The standard InChI is InChI=1S/C31H35NO/c1-22-21-32-31(30-16-6-5-15-29(22)30)27-14-8-13-26(20-27)25-12-7-11-24(17-25)19-28(33)18-23-9-3-2-4-10-23/h2-4,6-7,9-12,16-17,21-22,26-27,29H,5,8,13-15,18-20H2,1H3. The van der Waals surface area contributed by atoms with Crippen molar-refractivity contribution < 1.29 is 4.79 Å². The largest absolute Gasteiger partial charge is 0.299 e. The Labute approximate surface area is 198 Å². The van der Waals surface area contributed by atoms with Gasteiger partial charge in [0.15, 0.2) is 0 Å². The van der Waals surface area contributed by atoms with E-state index in [1.54, 1.807) is 0 Å². The molecule has 0 bridgehead atoms. The Morgan fingerprint density at radius 2 is 1.73 bits per heavy atom. The summed E-state index contributed by atoms with van der Waals surface area (Å²) in [5.74, 6) is 2.60. The Balaban J connectivity index is 1.29. The normalized spacial score (nSPS) is 26.8. The Kier molecular flexibility index (Phi) is 6.71. The molecule has 2 heteroatoms. The van der Waals surface area contributed by atoms with E-state index in [2.05, 4.69) is 49.6 Å². The third-order valence-electron chi connectivity index (χ3n) is 7.85. The zero-order valence-electron chi connectivity index (χ0n) is 19.7. The predicted molar refractivity (Wildman–Crippen MR) is 137 cm³/mol. The highest BCUT2D eigenvalue weighted by Crippen LogP contribution is 2.45. The average molecular weight is 438 g/mol. The maximum absolute atomic E-state index is 12.7. The van der Waals surface area contributed by atoms with Crippen LogP contribution in [0.5, 0.6) is 0 Å². The van der Waals surface area contributed by atoms with Gasteiger partial charge in [-0.15, -0.1) is 0 Å². The lowest BCUT2D eigenvalue weighted by molar-refractivity contribution is -0.117. The number of hydrogen-bond donors (Lipinski definition) is 0. The maximum Gasteiger partial charge on any atom is 0.141 e. The summed E-state index contributed by atoms with van der Waals surface area (Å²) >= 11 is 0. The molecule has 3 aliphatic rings. The first kappa shape index (κ1) is 22.1. The number of aliphatic imine (C=N–C) groups is 1. The summed E-state index contributed by atoms with van der Waals surface area (Å²) in [5.41, 5.74) is 6.53. The molecule has 0 aromatic heterocycles. The van der Waals surface area contributed by atoms with E-state index in [0.717, 1.165) is 11.1 Å². The molecule has 1 heterocycles. The number of fused-ring (bicyclic) bond motifs is 1. The number of allylic oxidation sites excluding steroid dienone is 4. The van der Waals surface area contributed by atoms with E-state index in [4.69, 9.17) is 4.99 Å². The number of Topliss-reactive ketones (excluding diaryl/α,β-unsaturated/α-hetero) is 1. The van der Waals surface area contributed by atoms with Crippen LogP contribution in [-0.2, 0) is 17.6 Å². The fourth-order valence-corrected chi connectivity index (χ4v) is 6.12. The first-order valence-corrected chi connectivity index (χ1v) is 12.8. The highest BCUT2D eigenvalue weighted by atomic mass is 16.1. The molecule has 0 saturated heterocycles. The second-order valence-electron chi connectivity index (χ2n) is 10.2. The summed E-state index contributed by atoms with van der Waals surface area (Å²) in [5, 5.41) is 0. The average Bonchev–Trinajstić information content (AvgIpc) is 2.85. The van der Waals surface area contributed by atoms with Crippen molar-refractivity contribution >= 4 is 12.0 Å². The molecule has 170 valence electrons. The van der Waals surface area contributed by atoms with E-state index < -0.39 is 0 Å². The minimum Gasteiger partial charge on any atom is -0.299 e. The number of benzene rings is 2. The first-order valence-electron chi connectivity index (χ1n) is 12.8. The zero-order chi connectivity index (χ0) is 22.6. The molecule has 4 unspecified atom stereocenters. The van der Waals surface area contributed by atoms with Crippen LogP contribution in [0.25, 0.3) is 0 Å². The van der Waals surface area contributed by atoms with Crippen LogP contribution >= 0.6 is 0 Å². The van der Waals surface area contributed by atoms with E-state index >= 15 is 0 Å². The second kappa shape index (κ2) is 10.0. The Morgan fingerprint density at radius 3 is 2.61 bits per heavy atom. The van der Waals surface area contributed by atoms with Gasteiger partial charge < -0.3 is 0 Å². The summed E-state index contributed by atoms with van der Waals surface area (Å²) in [6, 6.07) is 18.9. The highest BCUT2D eigenvalue weighted by molar-refractivity contribution is 5.83. The maximum atomic E-state index is 12.7. The van der Waals surface area contributed by atoms with Gasteiger partial charge in [0, 0.05) is 30.7 Å². The topological polar surface area (TPSA) is 29.4 Å². The number of carbonyl (C=O) groups is 1. The van der Waals surface area contributed by atoms with Crippen molar-refractivity contribution in [2.24, 2.45) is 22.7 Å². The van der Waals surface area contributed by atoms with E-state index in [9.17, 15) is 4.79 Å². The van der Waals surface area contributed by atoms with Crippen LogP contribution in [-0.4, -0.2) is 12.0 Å². The summed E-state index contributed by atoms with van der Waals surface area (Å²) in [4.78, 5) is 17.7. The minimum absolute atomic E-state index is 0.285. The van der Waals surface area contributed by atoms with Gasteiger partial charge in [-0.3, -0.25) is 9.79 Å². The minimum atomic E-state index is 0.285. The van der Waals surface area contributed by atoms with Gasteiger partial charge in [-0.05, 0) is 72.1 Å². The molecule has 0 amide bonds. The molecule has 1 fully saturated rings. The molecule has 2 aromatic carbocycles. The van der Waals surface area contributed by atoms with E-state index in [1.807, 2.05) is 30.3 Å². The molecular weight excluding hydrogens is 402 g/mol. The molecule has 0 radical (unpaired) electrons. The fraction of sp³-hybridized carbons (Fsp3) is 0.419. The Hall–Kier alpha value is -2.74. The van der Waals surface area contributed by atoms with Gasteiger partial charge in [-0.1, -0.05) is 80.1 Å². The molecule has 4 atom stereocenters. The third kappa shape index (κ3) is 5.11. The lowest BCUT2D eigenvalue weighted by Crippen LogP contribution is -2.25. The van der Waals surface area contributed by atoms with Gasteiger partial charge in [0.1, 0.15) is 5.78 Å². The van der Waals surface area contributed by atoms with Crippen LogP contribution in [0.15, 0.2) is 83.0 Å². The quantitative estimate of drug-likeness (QED) is 0.468. The van der Waals surface area contributed by atoms with Crippen LogP contribution in [0, 0.1) is 17.8 Å². The van der Waals surface area contributed by atoms with Crippen LogP contribution in [0.1, 0.15) is 68.1 Å². The van der Waals surface area contributed by atoms with Crippen molar-refractivity contribution in [3.63, 3.8) is 0 Å². The van der Waals surface area contributed by atoms with Crippen molar-refractivity contribution in [1.82, 2.24) is 0 Å². The SMILES string of the molecule is CC1C=NC(C2CCCC(c3cccc(CC(=O)Cc4ccccc4)c3)C2)=C2C=CCCC21. The van der Waals surface area contributed by atoms with Crippen LogP contribution in [0.2, 0.25) is 0 Å². The van der Waals surface area contributed by atoms with Gasteiger partial charge in [0.05, 0.1) is 0 Å². The van der Waals surface area contributed by atoms with Crippen molar-refractivity contribution in [2.45, 2.75) is 64.2 Å². The monoisotopic (exact) mass is 437 g/mol. The highest BCUT2D eigenvalue weighted by Gasteiger charge is 2.33. The number of hydrogen-bond acceptors (Lipinski definition) is 2. The molecule has 2 aliphatic carbocycles. The lowest BCUT2D eigenvalue weighted by Gasteiger charge is -2.36. The van der Waals surface area contributed by atoms with Gasteiger partial charge in [0.2, 0.25) is 0 Å². The number of rotatable bonds is 6. The van der Waals surface area contributed by atoms with Crippen LogP contribution in [0.4, 0.5) is 0 Å². The summed E-state index contributed by atoms with van der Waals surface area (Å²) in [7, 11) is 0. The van der Waals surface area contributed by atoms with Crippen molar-refractivity contribution in [3.05, 3.63) is 94.7 Å². The number of ketones is 1. The summed E-state index contributed by atoms with van der Waals surface area (Å²) in [6.45, 7) is 2.32. The zero-order valence-corrected chi connectivity index (χ0v) is 19.7. The van der Waals surface area contributed by atoms with Gasteiger partial charge >= 0.3 is 0 Å². The molecule has 1 aliphatic heterocycles. The van der Waals surface area contributed by atoms with Crippen molar-refractivity contribution in [3.8, 4) is 0 Å². The molecule has 2 aromatic rings. The van der Waals surface area contributed by atoms with E-state index in [-0.39, 0.29) is 5.78 Å². The third-order valence-corrected chi connectivity index (χ3v) is 7.85. The Bertz CT molecular complexity index is 1080. The Morgan fingerprint density at radius 1 is 0.939 bits per heavy atom. The smallest absolute Gasteiger partial charge is 0.141 e. The molecule has 0 spiro atoms. The van der Waals surface area contributed by atoms with E-state index in [1.165, 1.54) is 55.4 Å². The molecule has 0 N–H and O–H groups in total. The molecule has 33 heavy (non-hydrogen) atoms. The lowest BCUT2D eigenvalue weighted by atomic mass is 9.71. The molecule has 5 rings (SSSR count). The molecule has 1 saturated carbocycles. The fourth-order valence-electron chi connectivity index (χ4n) is 6.12. The number of nitrogens with zero attached hydrogens (tertiary/aromatic N) is 1. The van der Waals surface area contributed by atoms with E-state index in [0.29, 0.717) is 36.5 Å². The molecular formula is C31H35NO. The van der Waals surface area contributed by atoms with Gasteiger partial charge in [-0.2, -0.15) is 0 Å². The van der Waals surface area contributed by atoms with Gasteiger partial charge in [-0.25, -0.2) is 0 Å². The molecule has 2 nitrogen and oxygen atoms in total. The van der Waals surface area contributed by atoms with Gasteiger partial charge in [0.25, 0.3) is 0 Å². The van der Waals surface area contributed by atoms with Crippen LogP contribution in [0.3, 0.4) is 0 Å². The number of carbonyl (C=O) groups excluding carboxylic acids is 1. The predicted octanol–water partition coefficient (Wildman–Crippen LogP) is 7.26. The first-order chi connectivity index (χ1) is 16.2. The van der Waals surface area contributed by atoms with Crippen LogP contribution < -0.4 is 0 Å². The van der Waals surface area contributed by atoms with Crippen molar-refractivity contribution in [1.29, 1.82) is 0 Å². The van der Waals surface area contributed by atoms with Crippen molar-refractivity contribution in [2.75, 3.05) is 0 Å².